The number of benzene rings is 1. The van der Waals surface area contributed by atoms with Gasteiger partial charge in [-0.3, -0.25) is 0 Å². The number of halogens is 2. The molecule has 1 unspecified atom stereocenters. The van der Waals surface area contributed by atoms with Crippen LogP contribution in [0.5, 0.6) is 0 Å². The molecule has 1 saturated carbocycles. The number of aliphatic hydroxyl groups is 1. The van der Waals surface area contributed by atoms with Crippen LogP contribution < -0.4 is 0 Å². The maximum atomic E-state index is 13.2. The van der Waals surface area contributed by atoms with Crippen molar-refractivity contribution >= 4 is 15.9 Å². The predicted molar refractivity (Wildman–Crippen MR) is 79.1 cm³/mol. The van der Waals surface area contributed by atoms with Crippen molar-refractivity contribution in [3.05, 3.63) is 34.4 Å². The molecule has 6 heteroatoms. The maximum absolute atomic E-state index is 13.2. The zero-order valence-corrected chi connectivity index (χ0v) is 13.0. The Hall–Kier alpha value is -1.27. The fraction of sp³-hybridized carbons (Fsp3) is 0.467. The van der Waals surface area contributed by atoms with Gasteiger partial charge in [0.15, 0.2) is 0 Å². The molecule has 1 aliphatic rings. The molecule has 0 spiro atoms. The number of nitrogens with zero attached hydrogens (tertiary/aromatic N) is 2. The molecule has 1 atom stereocenters. The molecule has 0 aliphatic heterocycles. The van der Waals surface area contributed by atoms with Crippen LogP contribution in [0.25, 0.3) is 11.4 Å². The Labute approximate surface area is 130 Å². The molecule has 1 aromatic heterocycles. The first-order valence-corrected chi connectivity index (χ1v) is 7.89. The summed E-state index contributed by atoms with van der Waals surface area (Å²) in [7, 11) is 0. The fourth-order valence-electron chi connectivity index (χ4n) is 2.78. The Morgan fingerprint density at radius 3 is 2.86 bits per heavy atom. The van der Waals surface area contributed by atoms with Crippen molar-refractivity contribution in [3.63, 3.8) is 0 Å². The Kier molecular flexibility index (Phi) is 4.35. The number of hydrogen-bond donors (Lipinski definition) is 1. The quantitative estimate of drug-likeness (QED) is 0.908. The van der Waals surface area contributed by atoms with E-state index < -0.39 is 6.10 Å². The third-order valence-electron chi connectivity index (χ3n) is 3.97. The van der Waals surface area contributed by atoms with E-state index in [2.05, 4.69) is 26.1 Å². The maximum Gasteiger partial charge on any atom is 0.229 e. The van der Waals surface area contributed by atoms with Crippen molar-refractivity contribution in [1.29, 1.82) is 0 Å². The van der Waals surface area contributed by atoms with E-state index in [1.54, 1.807) is 12.1 Å². The summed E-state index contributed by atoms with van der Waals surface area (Å²) in [5.41, 5.74) is 0.675. The number of hydrogen-bond acceptors (Lipinski definition) is 4. The van der Waals surface area contributed by atoms with Gasteiger partial charge in [0.2, 0.25) is 11.7 Å². The molecule has 1 heterocycles. The van der Waals surface area contributed by atoms with Crippen molar-refractivity contribution in [3.8, 4) is 11.4 Å². The van der Waals surface area contributed by atoms with Gasteiger partial charge in [0.05, 0.1) is 17.0 Å². The number of aromatic nitrogens is 2. The number of aliphatic hydroxyl groups excluding tert-OH is 1. The molecule has 1 fully saturated rings. The van der Waals surface area contributed by atoms with Gasteiger partial charge in [-0.1, -0.05) is 18.0 Å². The van der Waals surface area contributed by atoms with E-state index in [-0.39, 0.29) is 5.82 Å². The molecule has 1 aliphatic carbocycles. The smallest absolute Gasteiger partial charge is 0.229 e. The van der Waals surface area contributed by atoms with Crippen LogP contribution in [-0.2, 0) is 6.42 Å². The normalized spacial score (nSPS) is 17.3. The molecular formula is C15H16BrFN2O2. The summed E-state index contributed by atoms with van der Waals surface area (Å²) in [4.78, 5) is 4.28. The minimum absolute atomic E-state index is 0.334. The average molecular weight is 355 g/mol. The first-order chi connectivity index (χ1) is 10.1. The van der Waals surface area contributed by atoms with Gasteiger partial charge in [0.1, 0.15) is 5.82 Å². The zero-order chi connectivity index (χ0) is 14.8. The van der Waals surface area contributed by atoms with E-state index in [9.17, 15) is 9.50 Å². The zero-order valence-electron chi connectivity index (χ0n) is 11.4. The lowest BCUT2D eigenvalue weighted by Crippen LogP contribution is -2.20. The molecule has 112 valence electrons. The minimum Gasteiger partial charge on any atom is -0.392 e. The largest absolute Gasteiger partial charge is 0.392 e. The SMILES string of the molecule is OC(Cc1nc(-c2ccc(F)c(Br)c2)no1)C1CCCC1. The van der Waals surface area contributed by atoms with Gasteiger partial charge in [0, 0.05) is 5.56 Å². The van der Waals surface area contributed by atoms with Crippen LogP contribution in [0.15, 0.2) is 27.2 Å². The summed E-state index contributed by atoms with van der Waals surface area (Å²) >= 11 is 3.13. The third-order valence-corrected chi connectivity index (χ3v) is 4.58. The summed E-state index contributed by atoms with van der Waals surface area (Å²) in [6.07, 6.45) is 4.43. The van der Waals surface area contributed by atoms with Crippen LogP contribution in [0.1, 0.15) is 31.6 Å². The molecule has 0 saturated heterocycles. The lowest BCUT2D eigenvalue weighted by molar-refractivity contribution is 0.102. The van der Waals surface area contributed by atoms with E-state index in [0.29, 0.717) is 34.1 Å². The second kappa shape index (κ2) is 6.23. The van der Waals surface area contributed by atoms with Gasteiger partial charge in [-0.25, -0.2) is 4.39 Å². The lowest BCUT2D eigenvalue weighted by atomic mass is 9.98. The summed E-state index contributed by atoms with van der Waals surface area (Å²) in [5.74, 6) is 0.827. The molecule has 3 rings (SSSR count). The van der Waals surface area contributed by atoms with Gasteiger partial charge in [-0.15, -0.1) is 0 Å². The van der Waals surface area contributed by atoms with Crippen LogP contribution in [0.3, 0.4) is 0 Å². The van der Waals surface area contributed by atoms with Crippen molar-refractivity contribution < 1.29 is 14.0 Å². The Morgan fingerprint density at radius 2 is 2.14 bits per heavy atom. The second-order valence-electron chi connectivity index (χ2n) is 5.46. The average Bonchev–Trinajstić information content (AvgIpc) is 3.12. The fourth-order valence-corrected chi connectivity index (χ4v) is 3.16. The molecule has 0 bridgehead atoms. The molecule has 4 nitrogen and oxygen atoms in total. The Balaban J connectivity index is 1.72. The summed E-state index contributed by atoms with van der Waals surface area (Å²) in [6.45, 7) is 0. The van der Waals surface area contributed by atoms with Gasteiger partial charge in [-0.2, -0.15) is 4.98 Å². The van der Waals surface area contributed by atoms with Gasteiger partial charge < -0.3 is 9.63 Å². The highest BCUT2D eigenvalue weighted by Crippen LogP contribution is 2.29. The standard InChI is InChI=1S/C15H16BrFN2O2/c16-11-7-10(5-6-12(11)17)15-18-14(21-19-15)8-13(20)9-3-1-2-4-9/h5-7,9,13,20H,1-4,8H2. The topological polar surface area (TPSA) is 59.2 Å². The van der Waals surface area contributed by atoms with Crippen LogP contribution in [0, 0.1) is 11.7 Å². The minimum atomic E-state index is -0.430. The summed E-state index contributed by atoms with van der Waals surface area (Å²) in [5, 5.41) is 14.1. The Bertz CT molecular complexity index is 626. The van der Waals surface area contributed by atoms with Gasteiger partial charge in [0.25, 0.3) is 0 Å². The van der Waals surface area contributed by atoms with Crippen molar-refractivity contribution in [2.75, 3.05) is 0 Å². The van der Waals surface area contributed by atoms with Crippen LogP contribution >= 0.6 is 15.9 Å². The molecule has 0 amide bonds. The van der Waals surface area contributed by atoms with E-state index in [4.69, 9.17) is 4.52 Å². The molecular weight excluding hydrogens is 339 g/mol. The molecule has 1 aromatic carbocycles. The lowest BCUT2D eigenvalue weighted by Gasteiger charge is -2.14. The Morgan fingerprint density at radius 1 is 1.38 bits per heavy atom. The van der Waals surface area contributed by atoms with Crippen LogP contribution in [0.4, 0.5) is 4.39 Å². The first-order valence-electron chi connectivity index (χ1n) is 7.09. The molecule has 1 N–H and O–H groups in total. The van der Waals surface area contributed by atoms with Crippen LogP contribution in [0.2, 0.25) is 0 Å². The third kappa shape index (κ3) is 3.32. The van der Waals surface area contributed by atoms with Crippen molar-refractivity contribution in [2.45, 2.75) is 38.2 Å². The number of rotatable bonds is 4. The van der Waals surface area contributed by atoms with Crippen LogP contribution in [-0.4, -0.2) is 21.4 Å². The van der Waals surface area contributed by atoms with E-state index in [1.165, 1.54) is 18.9 Å². The van der Waals surface area contributed by atoms with Gasteiger partial charge >= 0.3 is 0 Å². The first kappa shape index (κ1) is 14.7. The summed E-state index contributed by atoms with van der Waals surface area (Å²) in [6, 6.07) is 4.56. The summed E-state index contributed by atoms with van der Waals surface area (Å²) < 4.78 is 18.8. The monoisotopic (exact) mass is 354 g/mol. The second-order valence-corrected chi connectivity index (χ2v) is 6.31. The van der Waals surface area contributed by atoms with E-state index in [1.807, 2.05) is 0 Å². The van der Waals surface area contributed by atoms with E-state index in [0.717, 1.165) is 12.8 Å². The molecule has 2 aromatic rings. The van der Waals surface area contributed by atoms with Crippen molar-refractivity contribution in [2.24, 2.45) is 5.92 Å². The predicted octanol–water partition coefficient (Wildman–Crippen LogP) is 3.73. The highest BCUT2D eigenvalue weighted by molar-refractivity contribution is 9.10. The highest BCUT2D eigenvalue weighted by Gasteiger charge is 2.25. The van der Waals surface area contributed by atoms with Gasteiger partial charge in [-0.05, 0) is 52.9 Å². The highest BCUT2D eigenvalue weighted by atomic mass is 79.9. The van der Waals surface area contributed by atoms with E-state index >= 15 is 0 Å². The molecule has 0 radical (unpaired) electrons. The van der Waals surface area contributed by atoms with Crippen molar-refractivity contribution in [1.82, 2.24) is 10.1 Å². The molecule has 21 heavy (non-hydrogen) atoms.